The van der Waals surface area contributed by atoms with Gasteiger partial charge < -0.3 is 9.73 Å². The minimum Gasteiger partial charge on any atom is -0.436 e. The molecule has 4 nitrogen and oxygen atoms in total. The molecule has 0 bridgehead atoms. The number of fused-ring (bicyclic) bond motifs is 1. The Morgan fingerprint density at radius 3 is 2.78 bits per heavy atom. The van der Waals surface area contributed by atoms with Gasteiger partial charge in [0.2, 0.25) is 11.8 Å². The van der Waals surface area contributed by atoms with E-state index in [4.69, 9.17) is 27.6 Å². The molecule has 0 radical (unpaired) electrons. The lowest BCUT2D eigenvalue weighted by atomic mass is 10.1. The number of hydrogen-bond donors (Lipinski definition) is 1. The van der Waals surface area contributed by atoms with E-state index >= 15 is 0 Å². The van der Waals surface area contributed by atoms with Crippen molar-refractivity contribution in [1.29, 1.82) is 0 Å². The van der Waals surface area contributed by atoms with Crippen molar-refractivity contribution in [2.75, 3.05) is 11.2 Å². The van der Waals surface area contributed by atoms with E-state index in [1.165, 1.54) is 0 Å². The summed E-state index contributed by atoms with van der Waals surface area (Å²) in [5.41, 5.74) is 4.85. The Kier molecular flexibility index (Phi) is 4.28. The first kappa shape index (κ1) is 15.8. The van der Waals surface area contributed by atoms with Gasteiger partial charge in [-0.1, -0.05) is 17.7 Å². The Morgan fingerprint density at radius 2 is 2.04 bits per heavy atom. The number of halogens is 2. The van der Waals surface area contributed by atoms with Gasteiger partial charge in [0.25, 0.3) is 0 Å². The van der Waals surface area contributed by atoms with Gasteiger partial charge in [0.05, 0.1) is 10.6 Å². The third-order valence-electron chi connectivity index (χ3n) is 3.42. The van der Waals surface area contributed by atoms with Crippen molar-refractivity contribution in [2.45, 2.75) is 13.8 Å². The topological polar surface area (TPSA) is 55.1 Å². The van der Waals surface area contributed by atoms with Gasteiger partial charge >= 0.3 is 0 Å². The molecule has 6 heteroatoms. The molecular formula is C17H14Cl2N2O2. The molecule has 0 saturated heterocycles. The Bertz CT molecular complexity index is 903. The molecule has 3 aromatic rings. The van der Waals surface area contributed by atoms with Gasteiger partial charge in [-0.05, 0) is 49.2 Å². The van der Waals surface area contributed by atoms with Crippen molar-refractivity contribution >= 4 is 45.9 Å². The number of aryl methyl sites for hydroxylation is 2. The van der Waals surface area contributed by atoms with Crippen LogP contribution in [0.3, 0.4) is 0 Å². The van der Waals surface area contributed by atoms with Crippen LogP contribution in [0.15, 0.2) is 34.7 Å². The highest BCUT2D eigenvalue weighted by molar-refractivity contribution is 6.33. The summed E-state index contributed by atoms with van der Waals surface area (Å²) in [6.07, 6.45) is 0. The molecule has 1 N–H and O–H groups in total. The SMILES string of the molecule is Cc1cc(C)c2oc(-c3cc(NC(=O)CCl)ccc3Cl)nc2c1. The quantitative estimate of drug-likeness (QED) is 0.681. The van der Waals surface area contributed by atoms with Crippen LogP contribution in [0.2, 0.25) is 5.02 Å². The van der Waals surface area contributed by atoms with Crippen LogP contribution in [-0.4, -0.2) is 16.8 Å². The maximum atomic E-state index is 11.4. The second-order valence-corrected chi connectivity index (χ2v) is 6.00. The summed E-state index contributed by atoms with van der Waals surface area (Å²) in [4.78, 5) is 15.9. The fraction of sp³-hybridized carbons (Fsp3) is 0.176. The molecular weight excluding hydrogens is 335 g/mol. The minimum atomic E-state index is -0.288. The van der Waals surface area contributed by atoms with Crippen LogP contribution in [0.1, 0.15) is 11.1 Å². The summed E-state index contributed by atoms with van der Waals surface area (Å²) < 4.78 is 5.87. The van der Waals surface area contributed by atoms with Crippen molar-refractivity contribution in [2.24, 2.45) is 0 Å². The molecule has 0 saturated carbocycles. The third kappa shape index (κ3) is 3.19. The molecule has 23 heavy (non-hydrogen) atoms. The number of benzene rings is 2. The van der Waals surface area contributed by atoms with Crippen molar-refractivity contribution in [3.8, 4) is 11.5 Å². The van der Waals surface area contributed by atoms with E-state index in [-0.39, 0.29) is 11.8 Å². The normalized spacial score (nSPS) is 11.0. The standard InChI is InChI=1S/C17H14Cl2N2O2/c1-9-5-10(2)16-14(6-9)21-17(23-16)12-7-11(3-4-13(12)19)20-15(22)8-18/h3-7H,8H2,1-2H3,(H,20,22). The van der Waals surface area contributed by atoms with Crippen molar-refractivity contribution < 1.29 is 9.21 Å². The second-order valence-electron chi connectivity index (χ2n) is 5.33. The summed E-state index contributed by atoms with van der Waals surface area (Å²) in [7, 11) is 0. The van der Waals surface area contributed by atoms with Crippen molar-refractivity contribution in [3.63, 3.8) is 0 Å². The first-order chi connectivity index (χ1) is 11.0. The van der Waals surface area contributed by atoms with E-state index in [0.717, 1.165) is 22.2 Å². The highest BCUT2D eigenvalue weighted by Gasteiger charge is 2.14. The van der Waals surface area contributed by atoms with Crippen LogP contribution in [0.4, 0.5) is 5.69 Å². The number of hydrogen-bond acceptors (Lipinski definition) is 3. The first-order valence-electron chi connectivity index (χ1n) is 7.01. The Morgan fingerprint density at radius 1 is 1.26 bits per heavy atom. The molecule has 0 spiro atoms. The smallest absolute Gasteiger partial charge is 0.239 e. The van der Waals surface area contributed by atoms with E-state index in [0.29, 0.717) is 22.2 Å². The fourth-order valence-corrected chi connectivity index (χ4v) is 2.72. The maximum Gasteiger partial charge on any atom is 0.239 e. The first-order valence-corrected chi connectivity index (χ1v) is 7.92. The number of nitrogens with zero attached hydrogens (tertiary/aromatic N) is 1. The highest BCUT2D eigenvalue weighted by atomic mass is 35.5. The molecule has 0 aliphatic heterocycles. The van der Waals surface area contributed by atoms with Gasteiger partial charge in [-0.25, -0.2) is 4.98 Å². The Balaban J connectivity index is 2.09. The zero-order chi connectivity index (χ0) is 16.6. The van der Waals surface area contributed by atoms with Crippen LogP contribution >= 0.6 is 23.2 Å². The molecule has 0 fully saturated rings. The molecule has 1 heterocycles. The number of nitrogens with one attached hydrogen (secondary N) is 1. The van der Waals surface area contributed by atoms with Gasteiger partial charge in [0.15, 0.2) is 5.58 Å². The molecule has 2 aromatic carbocycles. The minimum absolute atomic E-state index is 0.112. The molecule has 0 aliphatic rings. The second kappa shape index (κ2) is 6.22. The number of alkyl halides is 1. The molecule has 0 atom stereocenters. The zero-order valence-electron chi connectivity index (χ0n) is 12.6. The number of carbonyl (C=O) groups excluding carboxylic acids is 1. The van der Waals surface area contributed by atoms with E-state index in [9.17, 15) is 4.79 Å². The summed E-state index contributed by atoms with van der Waals surface area (Å²) in [6, 6.07) is 9.11. The predicted molar refractivity (Wildman–Crippen MR) is 93.3 cm³/mol. The van der Waals surface area contributed by atoms with Gasteiger partial charge in [-0.15, -0.1) is 11.6 Å². The molecule has 1 aromatic heterocycles. The average Bonchev–Trinajstić information content (AvgIpc) is 2.93. The lowest BCUT2D eigenvalue weighted by Gasteiger charge is -2.06. The van der Waals surface area contributed by atoms with E-state index < -0.39 is 0 Å². The van der Waals surface area contributed by atoms with E-state index in [1.54, 1.807) is 18.2 Å². The number of rotatable bonds is 3. The lowest BCUT2D eigenvalue weighted by Crippen LogP contribution is -2.12. The highest BCUT2D eigenvalue weighted by Crippen LogP contribution is 2.33. The summed E-state index contributed by atoms with van der Waals surface area (Å²) >= 11 is 11.8. The summed E-state index contributed by atoms with van der Waals surface area (Å²) in [5, 5.41) is 3.18. The average molecular weight is 349 g/mol. The monoisotopic (exact) mass is 348 g/mol. The fourth-order valence-electron chi connectivity index (χ4n) is 2.45. The molecule has 1 amide bonds. The van der Waals surface area contributed by atoms with Gasteiger partial charge in [-0.3, -0.25) is 4.79 Å². The van der Waals surface area contributed by atoms with Crippen molar-refractivity contribution in [3.05, 3.63) is 46.5 Å². The molecule has 0 unspecified atom stereocenters. The maximum absolute atomic E-state index is 11.4. The number of oxazole rings is 1. The van der Waals surface area contributed by atoms with E-state index in [1.807, 2.05) is 26.0 Å². The molecule has 118 valence electrons. The van der Waals surface area contributed by atoms with Crippen LogP contribution in [0, 0.1) is 13.8 Å². The molecule has 0 aliphatic carbocycles. The number of anilines is 1. The summed E-state index contributed by atoms with van der Waals surface area (Å²) in [5.74, 6) is 0.0175. The third-order valence-corrected chi connectivity index (χ3v) is 3.99. The number of amides is 1. The largest absolute Gasteiger partial charge is 0.436 e. The zero-order valence-corrected chi connectivity index (χ0v) is 14.1. The molecule has 3 rings (SSSR count). The van der Waals surface area contributed by atoms with Gasteiger partial charge in [0, 0.05) is 5.69 Å². The van der Waals surface area contributed by atoms with Crippen LogP contribution < -0.4 is 5.32 Å². The van der Waals surface area contributed by atoms with Crippen LogP contribution in [0.25, 0.3) is 22.6 Å². The summed E-state index contributed by atoms with van der Waals surface area (Å²) in [6.45, 7) is 3.99. The van der Waals surface area contributed by atoms with Crippen LogP contribution in [0.5, 0.6) is 0 Å². The lowest BCUT2D eigenvalue weighted by molar-refractivity contribution is -0.113. The Hall–Kier alpha value is -2.04. The Labute approximate surface area is 143 Å². The number of aromatic nitrogens is 1. The van der Waals surface area contributed by atoms with E-state index in [2.05, 4.69) is 10.3 Å². The number of carbonyl (C=O) groups is 1. The van der Waals surface area contributed by atoms with Crippen molar-refractivity contribution in [1.82, 2.24) is 4.98 Å². The van der Waals surface area contributed by atoms with Crippen LogP contribution in [-0.2, 0) is 4.79 Å². The van der Waals surface area contributed by atoms with Gasteiger partial charge in [0.1, 0.15) is 11.4 Å². The predicted octanol–water partition coefficient (Wildman–Crippen LogP) is 4.94. The van der Waals surface area contributed by atoms with Gasteiger partial charge in [-0.2, -0.15) is 0 Å².